The largest absolute Gasteiger partial charge is 0.453 e. The van der Waals surface area contributed by atoms with Crippen LogP contribution >= 0.6 is 0 Å². The van der Waals surface area contributed by atoms with E-state index in [1.165, 1.54) is 7.11 Å². The molecule has 0 aliphatic carbocycles. The van der Waals surface area contributed by atoms with Gasteiger partial charge in [-0.15, -0.1) is 0 Å². The minimum atomic E-state index is -0.377. The van der Waals surface area contributed by atoms with Crippen molar-refractivity contribution in [2.45, 2.75) is 6.92 Å². The third-order valence-corrected chi connectivity index (χ3v) is 1.01. The Morgan fingerprint density at radius 1 is 1.50 bits per heavy atom. The van der Waals surface area contributed by atoms with E-state index in [0.717, 1.165) is 13.1 Å². The fourth-order valence-corrected chi connectivity index (χ4v) is 0.502. The predicted molar refractivity (Wildman–Crippen MR) is 39.0 cm³/mol. The molecule has 1 amide bonds. The minimum Gasteiger partial charge on any atom is -0.453 e. The van der Waals surface area contributed by atoms with Crippen molar-refractivity contribution in [1.82, 2.24) is 10.6 Å². The summed E-state index contributed by atoms with van der Waals surface area (Å²) in [5.41, 5.74) is 0. The molecule has 0 aromatic carbocycles. The molecular weight excluding hydrogens is 132 g/mol. The summed E-state index contributed by atoms with van der Waals surface area (Å²) in [5, 5.41) is 5.60. The van der Waals surface area contributed by atoms with Crippen molar-refractivity contribution in [2.75, 3.05) is 26.7 Å². The maximum absolute atomic E-state index is 10.4. The van der Waals surface area contributed by atoms with Gasteiger partial charge in [-0.3, -0.25) is 0 Å². The van der Waals surface area contributed by atoms with E-state index in [2.05, 4.69) is 15.4 Å². The highest BCUT2D eigenvalue weighted by Gasteiger charge is 1.93. The molecule has 0 aromatic heterocycles. The van der Waals surface area contributed by atoms with Crippen LogP contribution in [0.25, 0.3) is 0 Å². The SMILES string of the molecule is CCNCCNC(=O)OC. The lowest BCUT2D eigenvalue weighted by Gasteiger charge is -2.02. The topological polar surface area (TPSA) is 50.4 Å². The molecule has 0 unspecified atom stereocenters. The highest BCUT2D eigenvalue weighted by Crippen LogP contribution is 1.68. The lowest BCUT2D eigenvalue weighted by molar-refractivity contribution is 0.171. The zero-order valence-electron chi connectivity index (χ0n) is 6.44. The van der Waals surface area contributed by atoms with Crippen LogP contribution in [0.1, 0.15) is 6.92 Å². The fraction of sp³-hybridized carbons (Fsp3) is 0.833. The van der Waals surface area contributed by atoms with E-state index in [4.69, 9.17) is 0 Å². The molecule has 0 aliphatic rings. The molecule has 0 saturated carbocycles. The summed E-state index contributed by atoms with van der Waals surface area (Å²) >= 11 is 0. The summed E-state index contributed by atoms with van der Waals surface area (Å²) in [6, 6.07) is 0. The van der Waals surface area contributed by atoms with Crippen LogP contribution in [-0.2, 0) is 4.74 Å². The lowest BCUT2D eigenvalue weighted by Crippen LogP contribution is -2.31. The number of nitrogens with one attached hydrogen (secondary N) is 2. The molecule has 0 heterocycles. The van der Waals surface area contributed by atoms with Crippen LogP contribution in [0, 0.1) is 0 Å². The Kier molecular flexibility index (Phi) is 5.86. The standard InChI is InChI=1S/C6H14N2O2/c1-3-7-4-5-8-6(9)10-2/h7H,3-5H2,1-2H3,(H,8,9). The van der Waals surface area contributed by atoms with E-state index in [0.29, 0.717) is 6.54 Å². The molecule has 4 heteroatoms. The smallest absolute Gasteiger partial charge is 0.406 e. The third kappa shape index (κ3) is 5.37. The molecule has 0 rings (SSSR count). The first-order chi connectivity index (χ1) is 4.81. The molecule has 0 bridgehead atoms. The second-order valence-corrected chi connectivity index (χ2v) is 1.77. The number of carbonyl (C=O) groups is 1. The molecule has 0 radical (unpaired) electrons. The van der Waals surface area contributed by atoms with Crippen LogP contribution in [0.5, 0.6) is 0 Å². The van der Waals surface area contributed by atoms with Gasteiger partial charge in [0.25, 0.3) is 0 Å². The summed E-state index contributed by atoms with van der Waals surface area (Å²) < 4.78 is 4.35. The van der Waals surface area contributed by atoms with E-state index in [-0.39, 0.29) is 6.09 Å². The number of rotatable bonds is 4. The number of hydrogen-bond acceptors (Lipinski definition) is 3. The van der Waals surface area contributed by atoms with Gasteiger partial charge in [-0.2, -0.15) is 0 Å². The summed E-state index contributed by atoms with van der Waals surface area (Å²) in [5.74, 6) is 0. The molecule has 10 heavy (non-hydrogen) atoms. The van der Waals surface area contributed by atoms with Crippen molar-refractivity contribution in [3.8, 4) is 0 Å². The first kappa shape index (κ1) is 9.23. The lowest BCUT2D eigenvalue weighted by atomic mass is 10.6. The van der Waals surface area contributed by atoms with E-state index in [1.807, 2.05) is 6.92 Å². The molecule has 60 valence electrons. The predicted octanol–water partition coefficient (Wildman–Crippen LogP) is -0.0481. The van der Waals surface area contributed by atoms with Gasteiger partial charge in [-0.05, 0) is 6.54 Å². The monoisotopic (exact) mass is 146 g/mol. The Bertz CT molecular complexity index is 95.7. The van der Waals surface area contributed by atoms with Gasteiger partial charge in [-0.25, -0.2) is 4.79 Å². The number of methoxy groups -OCH3 is 1. The van der Waals surface area contributed by atoms with Gasteiger partial charge in [0.2, 0.25) is 0 Å². The molecule has 0 fully saturated rings. The van der Waals surface area contributed by atoms with Crippen molar-refractivity contribution < 1.29 is 9.53 Å². The molecule has 0 spiro atoms. The Morgan fingerprint density at radius 3 is 2.70 bits per heavy atom. The average Bonchev–Trinajstić information content (AvgIpc) is 1.98. The van der Waals surface area contributed by atoms with E-state index in [9.17, 15) is 4.79 Å². The summed E-state index contributed by atoms with van der Waals surface area (Å²) in [6.45, 7) is 4.33. The first-order valence-corrected chi connectivity index (χ1v) is 3.33. The van der Waals surface area contributed by atoms with Gasteiger partial charge < -0.3 is 15.4 Å². The van der Waals surface area contributed by atoms with E-state index in [1.54, 1.807) is 0 Å². The average molecular weight is 146 g/mol. The zero-order valence-corrected chi connectivity index (χ0v) is 6.44. The Hall–Kier alpha value is -0.770. The molecule has 2 N–H and O–H groups in total. The number of likely N-dealkylation sites (N-methyl/N-ethyl adjacent to an activating group) is 1. The zero-order chi connectivity index (χ0) is 7.82. The van der Waals surface area contributed by atoms with Crippen LogP contribution in [0.3, 0.4) is 0 Å². The van der Waals surface area contributed by atoms with E-state index < -0.39 is 0 Å². The van der Waals surface area contributed by atoms with Crippen molar-refractivity contribution in [1.29, 1.82) is 0 Å². The second kappa shape index (κ2) is 6.35. The molecule has 4 nitrogen and oxygen atoms in total. The van der Waals surface area contributed by atoms with Crippen molar-refractivity contribution >= 4 is 6.09 Å². The Morgan fingerprint density at radius 2 is 2.20 bits per heavy atom. The summed E-state index contributed by atoms with van der Waals surface area (Å²) in [7, 11) is 1.35. The molecule has 0 aliphatic heterocycles. The number of ether oxygens (including phenoxy) is 1. The number of hydrogen-bond donors (Lipinski definition) is 2. The summed E-state index contributed by atoms with van der Waals surface area (Å²) in [4.78, 5) is 10.4. The first-order valence-electron chi connectivity index (χ1n) is 3.33. The van der Waals surface area contributed by atoms with Crippen LogP contribution in [0.15, 0.2) is 0 Å². The van der Waals surface area contributed by atoms with E-state index >= 15 is 0 Å². The molecular formula is C6H14N2O2. The van der Waals surface area contributed by atoms with Gasteiger partial charge in [0, 0.05) is 13.1 Å². The van der Waals surface area contributed by atoms with Gasteiger partial charge in [-0.1, -0.05) is 6.92 Å². The third-order valence-electron chi connectivity index (χ3n) is 1.01. The number of alkyl carbamates (subject to hydrolysis) is 1. The Labute approximate surface area is 60.9 Å². The van der Waals surface area contributed by atoms with Crippen molar-refractivity contribution in [3.05, 3.63) is 0 Å². The van der Waals surface area contributed by atoms with Gasteiger partial charge >= 0.3 is 6.09 Å². The quantitative estimate of drug-likeness (QED) is 0.547. The molecule has 0 atom stereocenters. The van der Waals surface area contributed by atoms with Crippen LogP contribution in [0.4, 0.5) is 4.79 Å². The number of carbonyl (C=O) groups excluding carboxylic acids is 1. The minimum absolute atomic E-state index is 0.377. The van der Waals surface area contributed by atoms with Gasteiger partial charge in [0.1, 0.15) is 0 Å². The fourth-order valence-electron chi connectivity index (χ4n) is 0.502. The Balaban J connectivity index is 2.96. The van der Waals surface area contributed by atoms with Crippen LogP contribution in [0.2, 0.25) is 0 Å². The summed E-state index contributed by atoms with van der Waals surface area (Å²) in [6.07, 6.45) is -0.377. The maximum Gasteiger partial charge on any atom is 0.406 e. The highest BCUT2D eigenvalue weighted by molar-refractivity contribution is 5.66. The highest BCUT2D eigenvalue weighted by atomic mass is 16.5. The second-order valence-electron chi connectivity index (χ2n) is 1.77. The van der Waals surface area contributed by atoms with Crippen LogP contribution < -0.4 is 10.6 Å². The maximum atomic E-state index is 10.4. The van der Waals surface area contributed by atoms with Crippen molar-refractivity contribution in [3.63, 3.8) is 0 Å². The van der Waals surface area contributed by atoms with Gasteiger partial charge in [0.15, 0.2) is 0 Å². The normalized spacial score (nSPS) is 9.00. The molecule has 0 aromatic rings. The van der Waals surface area contributed by atoms with Gasteiger partial charge in [0.05, 0.1) is 7.11 Å². The number of amides is 1. The molecule has 0 saturated heterocycles. The van der Waals surface area contributed by atoms with Crippen molar-refractivity contribution in [2.24, 2.45) is 0 Å². The van der Waals surface area contributed by atoms with Crippen LogP contribution in [-0.4, -0.2) is 32.8 Å².